The number of carbonyl (C=O) groups is 1. The maximum absolute atomic E-state index is 12.5. The van der Waals surface area contributed by atoms with Gasteiger partial charge in [0.1, 0.15) is 12.4 Å². The second-order valence-electron chi connectivity index (χ2n) is 7.90. The molecular weight excluding hydrogens is 454 g/mol. The van der Waals surface area contributed by atoms with Crippen LogP contribution in [0.5, 0.6) is 5.75 Å². The van der Waals surface area contributed by atoms with Crippen LogP contribution < -0.4 is 10.1 Å². The summed E-state index contributed by atoms with van der Waals surface area (Å²) < 4.78 is 7.71. The number of aromatic nitrogens is 3. The summed E-state index contributed by atoms with van der Waals surface area (Å²) >= 11 is 1.22. The first-order chi connectivity index (χ1) is 16.3. The number of non-ortho nitro benzene ring substituents is 1. The molecule has 0 saturated heterocycles. The number of nitrogens with one attached hydrogen (secondary N) is 1. The number of allylic oxidation sites excluding steroid dienone is 1. The van der Waals surface area contributed by atoms with Gasteiger partial charge in [0.2, 0.25) is 5.91 Å². The lowest BCUT2D eigenvalue weighted by molar-refractivity contribution is -0.384. The number of carbonyl (C=O) groups excluding carboxylic acids is 1. The molecule has 3 aromatic rings. The number of rotatable bonds is 11. The van der Waals surface area contributed by atoms with Crippen LogP contribution in [0.3, 0.4) is 0 Å². The van der Waals surface area contributed by atoms with E-state index in [1.807, 2.05) is 28.8 Å². The number of anilines is 1. The number of ether oxygens (including phenoxy) is 1. The fourth-order valence-corrected chi connectivity index (χ4v) is 3.88. The molecule has 0 aliphatic rings. The van der Waals surface area contributed by atoms with Crippen molar-refractivity contribution >= 4 is 29.0 Å². The number of thioether (sulfide) groups is 1. The molecule has 3 rings (SSSR count). The first-order valence-electron chi connectivity index (χ1n) is 10.7. The van der Waals surface area contributed by atoms with Gasteiger partial charge in [0.15, 0.2) is 11.0 Å². The second-order valence-corrected chi connectivity index (χ2v) is 8.85. The molecule has 9 nitrogen and oxygen atoms in total. The number of hydrogen-bond acceptors (Lipinski definition) is 7. The largest absolute Gasteiger partial charge is 0.486 e. The summed E-state index contributed by atoms with van der Waals surface area (Å²) in [5.41, 5.74) is 2.30. The van der Waals surface area contributed by atoms with E-state index in [1.165, 1.54) is 29.5 Å². The lowest BCUT2D eigenvalue weighted by Gasteiger charge is -2.11. The Morgan fingerprint density at radius 1 is 1.26 bits per heavy atom. The molecule has 34 heavy (non-hydrogen) atoms. The summed E-state index contributed by atoms with van der Waals surface area (Å²) in [5.74, 6) is 1.56. The normalized spacial score (nSPS) is 10.8. The molecule has 0 atom stereocenters. The van der Waals surface area contributed by atoms with Crippen LogP contribution in [0.2, 0.25) is 0 Å². The van der Waals surface area contributed by atoms with E-state index in [2.05, 4.69) is 35.9 Å². The molecule has 0 radical (unpaired) electrons. The molecule has 1 amide bonds. The summed E-state index contributed by atoms with van der Waals surface area (Å²) in [4.78, 5) is 23.0. The third kappa shape index (κ3) is 6.44. The smallest absolute Gasteiger partial charge is 0.271 e. The molecule has 2 aromatic carbocycles. The van der Waals surface area contributed by atoms with Gasteiger partial charge in [-0.05, 0) is 36.1 Å². The fraction of sp³-hybridized carbons (Fsp3) is 0.292. The van der Waals surface area contributed by atoms with Gasteiger partial charge >= 0.3 is 0 Å². The number of nitrogens with zero attached hydrogens (tertiary/aromatic N) is 4. The van der Waals surface area contributed by atoms with E-state index in [0.717, 1.165) is 11.3 Å². The van der Waals surface area contributed by atoms with E-state index in [0.29, 0.717) is 29.1 Å². The summed E-state index contributed by atoms with van der Waals surface area (Å²) in [6.07, 6.45) is 1.72. The highest BCUT2D eigenvalue weighted by Crippen LogP contribution is 2.24. The lowest BCUT2D eigenvalue weighted by atomic mass is 10.0. The zero-order chi connectivity index (χ0) is 24.7. The first-order valence-corrected chi connectivity index (χ1v) is 11.7. The number of nitro benzene ring substituents is 1. The summed E-state index contributed by atoms with van der Waals surface area (Å²) in [7, 11) is 0. The first kappa shape index (κ1) is 25.0. The Morgan fingerprint density at radius 2 is 2.00 bits per heavy atom. The summed E-state index contributed by atoms with van der Waals surface area (Å²) in [5, 5.41) is 22.7. The van der Waals surface area contributed by atoms with Crippen molar-refractivity contribution in [3.8, 4) is 5.75 Å². The van der Waals surface area contributed by atoms with Crippen molar-refractivity contribution in [1.82, 2.24) is 14.8 Å². The molecule has 1 N–H and O–H groups in total. The fourth-order valence-electron chi connectivity index (χ4n) is 3.12. The van der Waals surface area contributed by atoms with Gasteiger partial charge in [0, 0.05) is 18.7 Å². The average molecular weight is 482 g/mol. The Balaban J connectivity index is 1.63. The molecule has 0 unspecified atom stereocenters. The minimum absolute atomic E-state index is 0.0644. The van der Waals surface area contributed by atoms with Crippen molar-refractivity contribution < 1.29 is 14.5 Å². The molecule has 0 bridgehead atoms. The summed E-state index contributed by atoms with van der Waals surface area (Å²) in [6.45, 7) is 10.5. The standard InChI is InChI=1S/C24H27N5O4S/c1-5-12-28-22(14-33-20-10-7-18(8-11-20)16(2)3)26-27-24(28)34-15-23(30)25-21-13-19(29(31)32)9-6-17(21)4/h5-11,13,16H,1,12,14-15H2,2-4H3,(H,25,30). The number of benzene rings is 2. The Morgan fingerprint density at radius 3 is 2.65 bits per heavy atom. The number of amides is 1. The van der Waals surface area contributed by atoms with Crippen LogP contribution >= 0.6 is 11.8 Å². The molecule has 1 heterocycles. The molecule has 10 heteroatoms. The maximum Gasteiger partial charge on any atom is 0.271 e. The van der Waals surface area contributed by atoms with E-state index < -0.39 is 4.92 Å². The highest BCUT2D eigenvalue weighted by molar-refractivity contribution is 7.99. The van der Waals surface area contributed by atoms with E-state index in [4.69, 9.17) is 4.74 Å². The predicted octanol–water partition coefficient (Wildman–Crippen LogP) is 5.11. The maximum atomic E-state index is 12.5. The molecule has 178 valence electrons. The number of hydrogen-bond donors (Lipinski definition) is 1. The SMILES string of the molecule is C=CCn1c(COc2ccc(C(C)C)cc2)nnc1SCC(=O)Nc1cc([N+](=O)[O-])ccc1C. The van der Waals surface area contributed by atoms with E-state index in [1.54, 1.807) is 19.1 Å². The Kier molecular flexibility index (Phi) is 8.42. The third-order valence-electron chi connectivity index (χ3n) is 5.06. The van der Waals surface area contributed by atoms with Gasteiger partial charge in [-0.25, -0.2) is 0 Å². The van der Waals surface area contributed by atoms with Crippen LogP contribution in [0.15, 0.2) is 60.3 Å². The van der Waals surface area contributed by atoms with E-state index >= 15 is 0 Å². The highest BCUT2D eigenvalue weighted by atomic mass is 32.2. The van der Waals surface area contributed by atoms with Gasteiger partial charge in [-0.15, -0.1) is 16.8 Å². The topological polar surface area (TPSA) is 112 Å². The van der Waals surface area contributed by atoms with Gasteiger partial charge < -0.3 is 10.1 Å². The van der Waals surface area contributed by atoms with Crippen LogP contribution in [0.25, 0.3) is 0 Å². The van der Waals surface area contributed by atoms with E-state index in [-0.39, 0.29) is 24.0 Å². The minimum Gasteiger partial charge on any atom is -0.486 e. The van der Waals surface area contributed by atoms with Crippen LogP contribution in [0.4, 0.5) is 11.4 Å². The molecule has 0 spiro atoms. The van der Waals surface area contributed by atoms with Gasteiger partial charge in [0.05, 0.1) is 16.4 Å². The molecule has 0 aliphatic heterocycles. The van der Waals surface area contributed by atoms with Crippen molar-refractivity contribution in [1.29, 1.82) is 0 Å². The van der Waals surface area contributed by atoms with Crippen LogP contribution in [0, 0.1) is 17.0 Å². The van der Waals surface area contributed by atoms with Crippen molar-refractivity contribution in [2.75, 3.05) is 11.1 Å². The van der Waals surface area contributed by atoms with Gasteiger partial charge in [0.25, 0.3) is 5.69 Å². The average Bonchev–Trinajstić information content (AvgIpc) is 3.19. The molecule has 1 aromatic heterocycles. The second kappa shape index (κ2) is 11.5. The monoisotopic (exact) mass is 481 g/mol. The van der Waals surface area contributed by atoms with Crippen molar-refractivity contribution in [2.45, 2.75) is 45.0 Å². The van der Waals surface area contributed by atoms with Crippen molar-refractivity contribution in [3.63, 3.8) is 0 Å². The minimum atomic E-state index is -0.496. The van der Waals surface area contributed by atoms with Crippen molar-refractivity contribution in [3.05, 3.63) is 82.2 Å². The van der Waals surface area contributed by atoms with Gasteiger partial charge in [-0.3, -0.25) is 19.5 Å². The van der Waals surface area contributed by atoms with Gasteiger partial charge in [-0.1, -0.05) is 49.9 Å². The van der Waals surface area contributed by atoms with Crippen LogP contribution in [-0.4, -0.2) is 31.3 Å². The van der Waals surface area contributed by atoms with Crippen LogP contribution in [-0.2, 0) is 17.9 Å². The molecule has 0 aliphatic carbocycles. The Labute approximate surface area is 202 Å². The highest BCUT2D eigenvalue weighted by Gasteiger charge is 2.16. The Bertz CT molecular complexity index is 1170. The summed E-state index contributed by atoms with van der Waals surface area (Å²) in [6, 6.07) is 12.3. The quantitative estimate of drug-likeness (QED) is 0.175. The molecular formula is C24H27N5O4S. The zero-order valence-corrected chi connectivity index (χ0v) is 20.2. The molecule has 0 fully saturated rings. The lowest BCUT2D eigenvalue weighted by Crippen LogP contribution is -2.16. The van der Waals surface area contributed by atoms with Gasteiger partial charge in [-0.2, -0.15) is 0 Å². The number of aryl methyl sites for hydroxylation is 1. The predicted molar refractivity (Wildman–Crippen MR) is 132 cm³/mol. The van der Waals surface area contributed by atoms with Crippen molar-refractivity contribution in [2.24, 2.45) is 0 Å². The number of nitro groups is 1. The molecule has 0 saturated carbocycles. The van der Waals surface area contributed by atoms with E-state index in [9.17, 15) is 14.9 Å². The van der Waals surface area contributed by atoms with Crippen LogP contribution in [0.1, 0.15) is 36.7 Å². The zero-order valence-electron chi connectivity index (χ0n) is 19.4. The third-order valence-corrected chi connectivity index (χ3v) is 6.03. The Hall–Kier alpha value is -3.66.